The van der Waals surface area contributed by atoms with Gasteiger partial charge in [0.05, 0.1) is 0 Å². The predicted octanol–water partition coefficient (Wildman–Crippen LogP) is 2.15. The van der Waals surface area contributed by atoms with Crippen molar-refractivity contribution in [1.82, 2.24) is 10.2 Å². The summed E-state index contributed by atoms with van der Waals surface area (Å²) in [5, 5.41) is 14.1. The molecule has 5 heteroatoms. The van der Waals surface area contributed by atoms with Crippen LogP contribution in [-0.2, 0) is 0 Å². The minimum Gasteiger partial charge on any atom is -0.359 e. The number of rotatable bonds is 3. The summed E-state index contributed by atoms with van der Waals surface area (Å²) in [6, 6.07) is 0. The fraction of sp³-hybridized carbons (Fsp3) is 0.750. The molecule has 0 spiro atoms. The maximum Gasteiger partial charge on any atom is 0.205 e. The van der Waals surface area contributed by atoms with Crippen LogP contribution in [0.15, 0.2) is 0 Å². The Bertz CT molecular complexity index is 268. The highest BCUT2D eigenvalue weighted by Crippen LogP contribution is 2.26. The zero-order chi connectivity index (χ0) is 9.10. The molecule has 1 aliphatic rings. The first-order valence-electron chi connectivity index (χ1n) is 4.50. The van der Waals surface area contributed by atoms with Crippen LogP contribution in [0.2, 0.25) is 0 Å². The molecule has 0 radical (unpaired) electrons. The SMILES string of the molecule is Cc1nnc(NCC2CCCS2)s1. The van der Waals surface area contributed by atoms with Crippen LogP contribution in [0.5, 0.6) is 0 Å². The second-order valence-electron chi connectivity index (χ2n) is 3.14. The van der Waals surface area contributed by atoms with Crippen molar-refractivity contribution in [2.24, 2.45) is 0 Å². The zero-order valence-corrected chi connectivity index (χ0v) is 9.25. The smallest absolute Gasteiger partial charge is 0.205 e. The molecule has 1 N–H and O–H groups in total. The van der Waals surface area contributed by atoms with Crippen LogP contribution >= 0.6 is 23.1 Å². The summed E-state index contributed by atoms with van der Waals surface area (Å²) < 4.78 is 0. The highest BCUT2D eigenvalue weighted by Gasteiger charge is 2.15. The first-order valence-corrected chi connectivity index (χ1v) is 6.37. The zero-order valence-electron chi connectivity index (χ0n) is 7.62. The molecule has 1 saturated heterocycles. The van der Waals surface area contributed by atoms with Gasteiger partial charge in [-0.05, 0) is 25.5 Å². The van der Waals surface area contributed by atoms with Gasteiger partial charge in [0.2, 0.25) is 5.13 Å². The summed E-state index contributed by atoms with van der Waals surface area (Å²) in [7, 11) is 0. The van der Waals surface area contributed by atoms with Gasteiger partial charge in [-0.15, -0.1) is 10.2 Å². The van der Waals surface area contributed by atoms with Gasteiger partial charge in [-0.2, -0.15) is 11.8 Å². The van der Waals surface area contributed by atoms with Crippen LogP contribution in [-0.4, -0.2) is 27.7 Å². The van der Waals surface area contributed by atoms with E-state index in [1.54, 1.807) is 11.3 Å². The molecule has 0 amide bonds. The second kappa shape index (κ2) is 4.28. The number of nitrogens with one attached hydrogen (secondary N) is 1. The van der Waals surface area contributed by atoms with Crippen molar-refractivity contribution in [1.29, 1.82) is 0 Å². The average Bonchev–Trinajstić information content (AvgIpc) is 2.71. The number of hydrogen-bond acceptors (Lipinski definition) is 5. The van der Waals surface area contributed by atoms with E-state index in [0.29, 0.717) is 0 Å². The van der Waals surface area contributed by atoms with Gasteiger partial charge >= 0.3 is 0 Å². The molecule has 0 bridgehead atoms. The van der Waals surface area contributed by atoms with Gasteiger partial charge in [0, 0.05) is 11.8 Å². The maximum absolute atomic E-state index is 4.02. The number of hydrogen-bond donors (Lipinski definition) is 1. The number of aryl methyl sites for hydroxylation is 1. The largest absolute Gasteiger partial charge is 0.359 e. The fourth-order valence-electron chi connectivity index (χ4n) is 1.37. The van der Waals surface area contributed by atoms with Crippen LogP contribution in [0.1, 0.15) is 17.8 Å². The Balaban J connectivity index is 1.78. The Kier molecular flexibility index (Phi) is 3.05. The van der Waals surface area contributed by atoms with Gasteiger partial charge < -0.3 is 5.32 Å². The van der Waals surface area contributed by atoms with E-state index in [4.69, 9.17) is 0 Å². The van der Waals surface area contributed by atoms with Crippen LogP contribution in [0.4, 0.5) is 5.13 Å². The summed E-state index contributed by atoms with van der Waals surface area (Å²) in [6.45, 7) is 3.02. The van der Waals surface area contributed by atoms with E-state index in [1.165, 1.54) is 18.6 Å². The van der Waals surface area contributed by atoms with Crippen molar-refractivity contribution >= 4 is 28.2 Å². The Morgan fingerprint density at radius 2 is 2.46 bits per heavy atom. The predicted molar refractivity (Wildman–Crippen MR) is 58.6 cm³/mol. The first-order chi connectivity index (χ1) is 6.34. The van der Waals surface area contributed by atoms with E-state index in [-0.39, 0.29) is 0 Å². The lowest BCUT2D eigenvalue weighted by molar-refractivity contribution is 0.803. The molecular weight excluding hydrogens is 202 g/mol. The highest BCUT2D eigenvalue weighted by molar-refractivity contribution is 8.00. The van der Waals surface area contributed by atoms with Gasteiger partial charge in [0.15, 0.2) is 0 Å². The van der Waals surface area contributed by atoms with Crippen molar-refractivity contribution in [2.45, 2.75) is 25.0 Å². The van der Waals surface area contributed by atoms with Gasteiger partial charge in [0.25, 0.3) is 0 Å². The van der Waals surface area contributed by atoms with E-state index >= 15 is 0 Å². The van der Waals surface area contributed by atoms with Crippen molar-refractivity contribution < 1.29 is 0 Å². The average molecular weight is 215 g/mol. The molecule has 0 aromatic carbocycles. The van der Waals surface area contributed by atoms with Crippen molar-refractivity contribution in [3.63, 3.8) is 0 Å². The standard InChI is InChI=1S/C8H13N3S2/c1-6-10-11-8(13-6)9-5-7-3-2-4-12-7/h7H,2-5H2,1H3,(H,9,11). The number of thioether (sulfide) groups is 1. The normalized spacial score (nSPS) is 22.1. The lowest BCUT2D eigenvalue weighted by Crippen LogP contribution is -2.13. The second-order valence-corrected chi connectivity index (χ2v) is 5.73. The van der Waals surface area contributed by atoms with E-state index in [1.807, 2.05) is 6.92 Å². The minimum atomic E-state index is 0.782. The minimum absolute atomic E-state index is 0.782. The van der Waals surface area contributed by atoms with E-state index < -0.39 is 0 Å². The lowest BCUT2D eigenvalue weighted by Gasteiger charge is -2.07. The summed E-state index contributed by atoms with van der Waals surface area (Å²) >= 11 is 3.69. The van der Waals surface area contributed by atoms with Gasteiger partial charge in [-0.1, -0.05) is 11.3 Å². The van der Waals surface area contributed by atoms with Crippen molar-refractivity contribution in [2.75, 3.05) is 17.6 Å². The van der Waals surface area contributed by atoms with Crippen LogP contribution < -0.4 is 5.32 Å². The third-order valence-electron chi connectivity index (χ3n) is 2.03. The molecule has 0 aliphatic carbocycles. The van der Waals surface area contributed by atoms with Crippen molar-refractivity contribution in [3.8, 4) is 0 Å². The lowest BCUT2D eigenvalue weighted by atomic mass is 10.2. The molecule has 1 fully saturated rings. The molecule has 1 aliphatic heterocycles. The molecule has 2 rings (SSSR count). The summed E-state index contributed by atoms with van der Waals surface area (Å²) in [5.74, 6) is 1.32. The molecular formula is C8H13N3S2. The Morgan fingerprint density at radius 1 is 1.54 bits per heavy atom. The molecule has 72 valence electrons. The third kappa shape index (κ3) is 2.57. The summed E-state index contributed by atoms with van der Waals surface area (Å²) in [4.78, 5) is 0. The quantitative estimate of drug-likeness (QED) is 0.838. The summed E-state index contributed by atoms with van der Waals surface area (Å²) in [5.41, 5.74) is 0. The molecule has 1 aromatic heterocycles. The van der Waals surface area contributed by atoms with Crippen LogP contribution in [0, 0.1) is 6.92 Å². The van der Waals surface area contributed by atoms with Crippen molar-refractivity contribution in [3.05, 3.63) is 5.01 Å². The van der Waals surface area contributed by atoms with E-state index in [2.05, 4.69) is 27.3 Å². The monoisotopic (exact) mass is 215 g/mol. The molecule has 1 aromatic rings. The number of aromatic nitrogens is 2. The molecule has 0 saturated carbocycles. The van der Waals surface area contributed by atoms with Gasteiger partial charge in [-0.3, -0.25) is 0 Å². The van der Waals surface area contributed by atoms with E-state index in [9.17, 15) is 0 Å². The molecule has 1 atom stereocenters. The Labute approximate surface area is 86.3 Å². The topological polar surface area (TPSA) is 37.8 Å². The fourth-order valence-corrected chi connectivity index (χ4v) is 3.17. The third-order valence-corrected chi connectivity index (χ3v) is 4.23. The first kappa shape index (κ1) is 9.27. The highest BCUT2D eigenvalue weighted by atomic mass is 32.2. The van der Waals surface area contributed by atoms with Crippen LogP contribution in [0.25, 0.3) is 0 Å². The molecule has 13 heavy (non-hydrogen) atoms. The number of anilines is 1. The molecule has 3 nitrogen and oxygen atoms in total. The van der Waals surface area contributed by atoms with Gasteiger partial charge in [-0.25, -0.2) is 0 Å². The number of nitrogens with zero attached hydrogens (tertiary/aromatic N) is 2. The maximum atomic E-state index is 4.02. The molecule has 1 unspecified atom stereocenters. The molecule has 2 heterocycles. The Morgan fingerprint density at radius 3 is 3.08 bits per heavy atom. The summed E-state index contributed by atoms with van der Waals surface area (Å²) in [6.07, 6.45) is 2.71. The van der Waals surface area contributed by atoms with Crippen LogP contribution in [0.3, 0.4) is 0 Å². The Hall–Kier alpha value is -0.290. The van der Waals surface area contributed by atoms with E-state index in [0.717, 1.165) is 21.9 Å². The van der Waals surface area contributed by atoms with Gasteiger partial charge in [0.1, 0.15) is 5.01 Å².